The Morgan fingerprint density at radius 2 is 0.225 bits per heavy atom. The monoisotopic (exact) mass is 1470 g/mol. The summed E-state index contributed by atoms with van der Waals surface area (Å²) < 4.78 is 38.4. The molecule has 0 fully saturated rings. The third-order valence-corrected chi connectivity index (χ3v) is 25.0. The van der Waals surface area contributed by atoms with Crippen LogP contribution in [0.4, 0.5) is 0 Å². The minimum Gasteiger partial charge on any atom is -0.284 e. The topological polar surface area (TPSA) is 44.8 Å². The van der Waals surface area contributed by atoms with Gasteiger partial charge in [-0.2, -0.15) is 0 Å². The molecule has 0 amide bonds. The maximum atomic E-state index is 16.4. The van der Waals surface area contributed by atoms with Crippen LogP contribution in [-0.2, 0) is 18.1 Å². The van der Waals surface area contributed by atoms with Crippen LogP contribution < -0.4 is 0 Å². The molecule has 4 nitrogen and oxygen atoms in total. The average molecular weight is 1470 g/mol. The van der Waals surface area contributed by atoms with E-state index in [4.69, 9.17) is 13.6 Å². The molecule has 0 aromatic carbocycles. The first-order valence-electron chi connectivity index (χ1n) is 48.6. The maximum Gasteiger partial charge on any atom is 3.00 e. The third-order valence-electron chi connectivity index (χ3n) is 23.4. The third kappa shape index (κ3) is 84.7. The zero-order chi connectivity index (χ0) is 72.9. The van der Waals surface area contributed by atoms with Crippen molar-refractivity contribution in [3.05, 3.63) is 0 Å². The first kappa shape index (κ1) is 105. The van der Waals surface area contributed by atoms with Crippen LogP contribution in [0.1, 0.15) is 600 Å². The van der Waals surface area contributed by atoms with Gasteiger partial charge in [0.25, 0.3) is 0 Å². The van der Waals surface area contributed by atoms with Crippen molar-refractivity contribution in [3.8, 4) is 0 Å². The van der Waals surface area contributed by atoms with Crippen LogP contribution in [0.15, 0.2) is 0 Å². The van der Waals surface area contributed by atoms with Crippen molar-refractivity contribution >= 4 is 25.2 Å². The fourth-order valence-corrected chi connectivity index (χ4v) is 18.1. The van der Waals surface area contributed by atoms with Crippen LogP contribution in [0.3, 0.4) is 0 Å². The molecule has 0 rings (SSSR count). The minimum atomic E-state index is -3.91. The van der Waals surface area contributed by atoms with Gasteiger partial charge in [-0.3, -0.25) is 13.6 Å². The molecular weight excluding hydrogens is 1280 g/mol. The van der Waals surface area contributed by atoms with E-state index in [2.05, 4.69) is 41.5 Å². The van der Waals surface area contributed by atoms with E-state index in [1.807, 2.05) is 0 Å². The second-order valence-corrected chi connectivity index (χ2v) is 35.4. The van der Waals surface area contributed by atoms with E-state index >= 15 is 4.57 Å². The Hall–Kier alpha value is 0.642. The van der Waals surface area contributed by atoms with Gasteiger partial charge >= 0.3 is 25.2 Å². The molecule has 0 heterocycles. The van der Waals surface area contributed by atoms with E-state index in [0.29, 0.717) is 0 Å². The second-order valence-electron chi connectivity index (χ2n) is 33.9. The summed E-state index contributed by atoms with van der Waals surface area (Å²) in [5.74, 6) is 0. The Bertz CT molecular complexity index is 1340. The summed E-state index contributed by atoms with van der Waals surface area (Å²) in [5.41, 5.74) is 0. The average Bonchev–Trinajstić information content (AvgIpc) is 0.846. The van der Waals surface area contributed by atoms with E-state index in [1.54, 1.807) is 0 Å². The fourth-order valence-electron chi connectivity index (χ4n) is 16.2. The van der Waals surface area contributed by atoms with Crippen LogP contribution >= 0.6 is 7.82 Å². The summed E-state index contributed by atoms with van der Waals surface area (Å²) in [6.45, 7) is 14.0. The molecule has 0 N–H and O–H groups in total. The molecule has 0 aromatic heterocycles. The van der Waals surface area contributed by atoms with Gasteiger partial charge in [0.1, 0.15) is 0 Å². The Balaban J connectivity index is 0. The molecule has 0 aliphatic carbocycles. The van der Waals surface area contributed by atoms with Crippen LogP contribution in [-0.4, -0.2) is 35.7 Å². The van der Waals surface area contributed by atoms with Crippen molar-refractivity contribution in [2.45, 2.75) is 618 Å². The number of hydrogen-bond donors (Lipinski definition) is 0. The predicted molar refractivity (Wildman–Crippen MR) is 464 cm³/mol. The summed E-state index contributed by atoms with van der Waals surface area (Å²) in [6, 6.07) is 0. The molecule has 0 saturated carbocycles. The van der Waals surface area contributed by atoms with Gasteiger partial charge in [-0.25, -0.2) is 4.57 Å². The Morgan fingerprint density at radius 3 is 0.314 bits per heavy atom. The maximum absolute atomic E-state index is 16.4. The van der Waals surface area contributed by atoms with E-state index in [0.717, 1.165) is 77.0 Å². The summed E-state index contributed by atoms with van der Waals surface area (Å²) in [4.78, 5) is 0. The zero-order valence-corrected chi connectivity index (χ0v) is 74.0. The molecule has 0 aromatic rings. The normalized spacial score (nSPS) is 13.3. The van der Waals surface area contributed by atoms with Crippen molar-refractivity contribution in [2.75, 3.05) is 0 Å². The zero-order valence-electron chi connectivity index (χ0n) is 71.9. The molecule has 3 unspecified atom stereocenters. The van der Waals surface area contributed by atoms with Gasteiger partial charge in [0.05, 0.1) is 18.3 Å². The van der Waals surface area contributed by atoms with Crippen LogP contribution in [0.5, 0.6) is 0 Å². The van der Waals surface area contributed by atoms with Gasteiger partial charge in [-0.15, -0.1) is 0 Å². The van der Waals surface area contributed by atoms with Gasteiger partial charge in [0, 0.05) is 0 Å². The van der Waals surface area contributed by atoms with Crippen molar-refractivity contribution < 1.29 is 18.1 Å². The van der Waals surface area contributed by atoms with Crippen LogP contribution in [0.25, 0.3) is 0 Å². The van der Waals surface area contributed by atoms with E-state index < -0.39 is 7.82 Å². The molecular formula is C96H195AlO4P+3. The Kier molecular flexibility index (Phi) is 94.7. The molecule has 102 heavy (non-hydrogen) atoms. The SMILES string of the molecule is CCCCCCCCCCCCCCCCC(CCCCCCCCCCCCCCC)OP(=O)(OC(CCCCCCCCCCCCCCC)CCCCCCCCCCCCCCCC)OC(CCCCCCCCCCCCCCC)CCCCCCCCCCCCCCCC.[Al+3]. The molecule has 6 heteroatoms. The van der Waals surface area contributed by atoms with Gasteiger partial charge in [0.15, 0.2) is 0 Å². The summed E-state index contributed by atoms with van der Waals surface area (Å²) in [7, 11) is -3.91. The fraction of sp³-hybridized carbons (Fsp3) is 1.00. The first-order valence-corrected chi connectivity index (χ1v) is 50.1. The molecule has 0 saturated heterocycles. The van der Waals surface area contributed by atoms with E-state index in [1.165, 1.54) is 482 Å². The van der Waals surface area contributed by atoms with Crippen LogP contribution in [0, 0.1) is 0 Å². The Labute approximate surface area is 657 Å². The number of hydrogen-bond acceptors (Lipinski definition) is 4. The molecule has 0 spiro atoms. The minimum absolute atomic E-state index is 0. The summed E-state index contributed by atoms with van der Waals surface area (Å²) in [6.07, 6.45) is 116. The summed E-state index contributed by atoms with van der Waals surface area (Å²) in [5, 5.41) is 0. The molecule has 3 atom stereocenters. The van der Waals surface area contributed by atoms with E-state index in [-0.39, 0.29) is 35.7 Å². The molecule has 0 aliphatic heterocycles. The largest absolute Gasteiger partial charge is 3.00 e. The van der Waals surface area contributed by atoms with Crippen molar-refractivity contribution in [2.24, 2.45) is 0 Å². The molecule has 0 radical (unpaired) electrons. The predicted octanol–water partition coefficient (Wildman–Crippen LogP) is 36.9. The Morgan fingerprint density at radius 1 is 0.147 bits per heavy atom. The molecule has 0 aliphatic rings. The van der Waals surface area contributed by atoms with Gasteiger partial charge in [-0.1, -0.05) is 562 Å². The van der Waals surface area contributed by atoms with Gasteiger partial charge in [-0.05, 0) is 38.5 Å². The number of unbranched alkanes of at least 4 members (excludes halogenated alkanes) is 75. The van der Waals surface area contributed by atoms with Crippen molar-refractivity contribution in [1.29, 1.82) is 0 Å². The quantitative estimate of drug-likeness (QED) is 0.0346. The van der Waals surface area contributed by atoms with Crippen molar-refractivity contribution in [1.82, 2.24) is 0 Å². The van der Waals surface area contributed by atoms with E-state index in [9.17, 15) is 0 Å². The van der Waals surface area contributed by atoms with Gasteiger partial charge < -0.3 is 0 Å². The summed E-state index contributed by atoms with van der Waals surface area (Å²) >= 11 is 0. The standard InChI is InChI=1S/C96H195O4P.Al/c1-7-13-19-25-31-37-43-49-55-61-67-73-79-85-91-94(88-82-76-70-64-58-52-46-40-34-28-22-16-10-4)98-101(97,99-95(89-83-77-71-65-59-53-47-41-35-29-23-17-11-5)92-86-80-74-68-62-56-50-44-38-32-26-20-14-8-2)100-96(90-84-78-72-66-60-54-48-42-36-30-24-18-12-6)93-87-81-75-69-63-57-51-45-39-33-27-21-15-9-3;/h94-96H,7-93H2,1-6H3;/q;+3. The van der Waals surface area contributed by atoms with Crippen LogP contribution in [0.2, 0.25) is 0 Å². The molecule has 608 valence electrons. The molecule has 0 bridgehead atoms. The number of phosphoric acid groups is 1. The first-order chi connectivity index (χ1) is 50.0. The smallest absolute Gasteiger partial charge is 0.284 e. The van der Waals surface area contributed by atoms with Gasteiger partial charge in [0.2, 0.25) is 0 Å². The number of phosphoric ester groups is 1. The number of rotatable bonds is 93. The second kappa shape index (κ2) is 92.2. The van der Waals surface area contributed by atoms with Crippen molar-refractivity contribution in [3.63, 3.8) is 0 Å².